The number of nitrogens with zero attached hydrogens (tertiary/aromatic N) is 2. The number of pyridine rings is 1. The molecule has 0 aliphatic carbocycles. The van der Waals surface area contributed by atoms with E-state index in [1.54, 1.807) is 0 Å². The lowest BCUT2D eigenvalue weighted by atomic mass is 9.96. The molecule has 0 aliphatic heterocycles. The van der Waals surface area contributed by atoms with Gasteiger partial charge in [-0.3, -0.25) is 0 Å². The van der Waals surface area contributed by atoms with E-state index in [1.165, 1.54) is 10.9 Å². The third-order valence-electron chi connectivity index (χ3n) is 3.22. The summed E-state index contributed by atoms with van der Waals surface area (Å²) < 4.78 is 0. The summed E-state index contributed by atoms with van der Waals surface area (Å²) in [6.07, 6.45) is 0. The Morgan fingerprint density at radius 3 is 2.55 bits per heavy atom. The predicted molar refractivity (Wildman–Crippen MR) is 87.2 cm³/mol. The summed E-state index contributed by atoms with van der Waals surface area (Å²) in [6.45, 7) is 8.57. The van der Waals surface area contributed by atoms with Crippen LogP contribution < -0.4 is 10.2 Å². The molecule has 1 N–H and O–H groups in total. The number of rotatable bonds is 4. The molecule has 2 rings (SSSR count). The van der Waals surface area contributed by atoms with Crippen LogP contribution in [-0.4, -0.2) is 25.6 Å². The maximum Gasteiger partial charge on any atom is 0.133 e. The van der Waals surface area contributed by atoms with Crippen LogP contribution >= 0.6 is 0 Å². The molecule has 0 atom stereocenters. The number of anilines is 1. The predicted octanol–water partition coefficient (Wildman–Crippen LogP) is 3.44. The van der Waals surface area contributed by atoms with E-state index >= 15 is 0 Å². The fourth-order valence-corrected chi connectivity index (χ4v) is 2.59. The SMILES string of the molecule is CNCc1cc2ccccc2nc1N(C)CC(C)(C)C. The number of hydrogen-bond donors (Lipinski definition) is 1. The minimum Gasteiger partial charge on any atom is -0.359 e. The van der Waals surface area contributed by atoms with E-state index in [0.717, 1.165) is 24.4 Å². The van der Waals surface area contributed by atoms with Crippen molar-refractivity contribution in [3.05, 3.63) is 35.9 Å². The van der Waals surface area contributed by atoms with Gasteiger partial charge in [-0.05, 0) is 24.6 Å². The highest BCUT2D eigenvalue weighted by atomic mass is 15.2. The molecule has 0 radical (unpaired) electrons. The van der Waals surface area contributed by atoms with Gasteiger partial charge in [0, 0.05) is 31.1 Å². The maximum atomic E-state index is 4.86. The third-order valence-corrected chi connectivity index (χ3v) is 3.22. The summed E-state index contributed by atoms with van der Waals surface area (Å²) in [5, 5.41) is 4.44. The van der Waals surface area contributed by atoms with Gasteiger partial charge >= 0.3 is 0 Å². The lowest BCUT2D eigenvalue weighted by Crippen LogP contribution is -2.31. The van der Waals surface area contributed by atoms with Crippen molar-refractivity contribution >= 4 is 16.7 Å². The number of hydrogen-bond acceptors (Lipinski definition) is 3. The van der Waals surface area contributed by atoms with Crippen molar-refractivity contribution in [3.63, 3.8) is 0 Å². The lowest BCUT2D eigenvalue weighted by Gasteiger charge is -2.29. The largest absolute Gasteiger partial charge is 0.359 e. The van der Waals surface area contributed by atoms with E-state index in [-0.39, 0.29) is 5.41 Å². The first kappa shape index (κ1) is 14.8. The average Bonchev–Trinajstić information content (AvgIpc) is 2.36. The molecule has 1 aromatic heterocycles. The first-order valence-electron chi connectivity index (χ1n) is 7.15. The molecule has 108 valence electrons. The van der Waals surface area contributed by atoms with Gasteiger partial charge in [0.2, 0.25) is 0 Å². The van der Waals surface area contributed by atoms with Crippen LogP contribution in [0.15, 0.2) is 30.3 Å². The van der Waals surface area contributed by atoms with Crippen molar-refractivity contribution in [2.75, 3.05) is 25.5 Å². The molecule has 1 heterocycles. The number of fused-ring (bicyclic) bond motifs is 1. The van der Waals surface area contributed by atoms with Gasteiger partial charge in [-0.15, -0.1) is 0 Å². The summed E-state index contributed by atoms with van der Waals surface area (Å²) in [5.41, 5.74) is 2.56. The molecule has 0 fully saturated rings. The molecule has 0 bridgehead atoms. The lowest BCUT2D eigenvalue weighted by molar-refractivity contribution is 0.417. The highest BCUT2D eigenvalue weighted by Gasteiger charge is 2.17. The van der Waals surface area contributed by atoms with E-state index < -0.39 is 0 Å². The molecule has 3 heteroatoms. The Balaban J connectivity index is 2.46. The number of nitrogens with one attached hydrogen (secondary N) is 1. The highest BCUT2D eigenvalue weighted by molar-refractivity contribution is 5.81. The first-order valence-corrected chi connectivity index (χ1v) is 7.15. The normalized spacial score (nSPS) is 11.8. The smallest absolute Gasteiger partial charge is 0.133 e. The number of aromatic nitrogens is 1. The molecule has 0 saturated heterocycles. The number of benzene rings is 1. The van der Waals surface area contributed by atoms with Gasteiger partial charge in [0.1, 0.15) is 5.82 Å². The molecule has 2 aromatic rings. The van der Waals surface area contributed by atoms with Crippen LogP contribution in [0.2, 0.25) is 0 Å². The molecule has 0 saturated carbocycles. The average molecular weight is 271 g/mol. The van der Waals surface area contributed by atoms with Crippen molar-refractivity contribution in [3.8, 4) is 0 Å². The van der Waals surface area contributed by atoms with Gasteiger partial charge in [0.05, 0.1) is 5.52 Å². The Labute approximate surface area is 122 Å². The van der Waals surface area contributed by atoms with Crippen LogP contribution in [0, 0.1) is 5.41 Å². The van der Waals surface area contributed by atoms with E-state index in [9.17, 15) is 0 Å². The Morgan fingerprint density at radius 1 is 1.20 bits per heavy atom. The van der Waals surface area contributed by atoms with E-state index in [1.807, 2.05) is 13.1 Å². The molecule has 1 aromatic carbocycles. The standard InChI is InChI=1S/C17H25N3/c1-17(2,3)12-20(5)16-14(11-18-4)10-13-8-6-7-9-15(13)19-16/h6-10,18H,11-12H2,1-5H3. The zero-order valence-electron chi connectivity index (χ0n) is 13.2. The molecule has 3 nitrogen and oxygen atoms in total. The van der Waals surface area contributed by atoms with Gasteiger partial charge < -0.3 is 10.2 Å². The second-order valence-corrected chi connectivity index (χ2v) is 6.61. The second kappa shape index (κ2) is 5.80. The Kier molecular flexibility index (Phi) is 4.29. The maximum absolute atomic E-state index is 4.86. The van der Waals surface area contributed by atoms with Crippen molar-refractivity contribution in [2.24, 2.45) is 5.41 Å². The van der Waals surface area contributed by atoms with Crippen molar-refractivity contribution in [2.45, 2.75) is 27.3 Å². The minimum absolute atomic E-state index is 0.249. The fraction of sp³-hybridized carbons (Fsp3) is 0.471. The Bertz CT molecular complexity index is 584. The molecule has 0 spiro atoms. The van der Waals surface area contributed by atoms with E-state index in [2.05, 4.69) is 62.3 Å². The summed E-state index contributed by atoms with van der Waals surface area (Å²) in [7, 11) is 4.10. The van der Waals surface area contributed by atoms with Gasteiger partial charge in [0.15, 0.2) is 0 Å². The third kappa shape index (κ3) is 3.48. The molecular weight excluding hydrogens is 246 g/mol. The summed E-state index contributed by atoms with van der Waals surface area (Å²) >= 11 is 0. The van der Waals surface area contributed by atoms with Gasteiger partial charge in [0.25, 0.3) is 0 Å². The zero-order valence-corrected chi connectivity index (χ0v) is 13.2. The molecule has 0 aliphatic rings. The van der Waals surface area contributed by atoms with Crippen LogP contribution in [0.4, 0.5) is 5.82 Å². The van der Waals surface area contributed by atoms with E-state index in [4.69, 9.17) is 4.98 Å². The molecule has 0 unspecified atom stereocenters. The monoisotopic (exact) mass is 271 g/mol. The molecular formula is C17H25N3. The quantitative estimate of drug-likeness (QED) is 0.923. The molecule has 0 amide bonds. The Hall–Kier alpha value is -1.61. The van der Waals surface area contributed by atoms with Crippen LogP contribution in [-0.2, 0) is 6.54 Å². The fourth-order valence-electron chi connectivity index (χ4n) is 2.59. The van der Waals surface area contributed by atoms with Crippen LogP contribution in [0.3, 0.4) is 0 Å². The number of para-hydroxylation sites is 1. The second-order valence-electron chi connectivity index (χ2n) is 6.61. The van der Waals surface area contributed by atoms with Crippen LogP contribution in [0.25, 0.3) is 10.9 Å². The van der Waals surface area contributed by atoms with Crippen LogP contribution in [0.1, 0.15) is 26.3 Å². The van der Waals surface area contributed by atoms with Gasteiger partial charge in [-0.1, -0.05) is 39.0 Å². The summed E-state index contributed by atoms with van der Waals surface area (Å²) in [5.74, 6) is 1.08. The van der Waals surface area contributed by atoms with Crippen molar-refractivity contribution in [1.29, 1.82) is 0 Å². The summed E-state index contributed by atoms with van der Waals surface area (Å²) in [4.78, 5) is 7.13. The summed E-state index contributed by atoms with van der Waals surface area (Å²) in [6, 6.07) is 10.5. The Morgan fingerprint density at radius 2 is 1.90 bits per heavy atom. The van der Waals surface area contributed by atoms with Crippen molar-refractivity contribution < 1.29 is 0 Å². The minimum atomic E-state index is 0.249. The molecule has 20 heavy (non-hydrogen) atoms. The first-order chi connectivity index (χ1) is 9.40. The topological polar surface area (TPSA) is 28.2 Å². The van der Waals surface area contributed by atoms with E-state index in [0.29, 0.717) is 0 Å². The highest BCUT2D eigenvalue weighted by Crippen LogP contribution is 2.25. The zero-order chi connectivity index (χ0) is 14.8. The van der Waals surface area contributed by atoms with Crippen LogP contribution in [0.5, 0.6) is 0 Å². The van der Waals surface area contributed by atoms with Gasteiger partial charge in [-0.2, -0.15) is 0 Å². The van der Waals surface area contributed by atoms with Gasteiger partial charge in [-0.25, -0.2) is 4.98 Å². The van der Waals surface area contributed by atoms with Crippen molar-refractivity contribution in [1.82, 2.24) is 10.3 Å².